The molecule has 280 valence electrons. The van der Waals surface area contributed by atoms with E-state index in [0.717, 1.165) is 38.5 Å². The molecule has 0 fully saturated rings. The van der Waals surface area contributed by atoms with Gasteiger partial charge in [-0.2, -0.15) is 0 Å². The van der Waals surface area contributed by atoms with Crippen molar-refractivity contribution in [3.8, 4) is 0 Å². The number of carbonyl (C=O) groups excluding carboxylic acids is 2. The maximum absolute atomic E-state index is 12.5. The summed E-state index contributed by atoms with van der Waals surface area (Å²) in [7, 11) is -4.60. The van der Waals surface area contributed by atoms with Gasteiger partial charge in [-0.1, -0.05) is 155 Å². The number of esters is 2. The van der Waals surface area contributed by atoms with Crippen LogP contribution in [0.2, 0.25) is 0 Å². The minimum absolute atomic E-state index is 0.191. The Labute approximate surface area is 286 Å². The molecular formula is C36H71O10P. The van der Waals surface area contributed by atoms with E-state index in [1.54, 1.807) is 0 Å². The molecule has 0 aromatic rings. The Morgan fingerprint density at radius 1 is 0.553 bits per heavy atom. The van der Waals surface area contributed by atoms with Crippen molar-refractivity contribution in [3.63, 3.8) is 0 Å². The maximum atomic E-state index is 12.5. The summed E-state index contributed by atoms with van der Waals surface area (Å²) in [5.74, 6) is -0.916. The predicted molar refractivity (Wildman–Crippen MR) is 187 cm³/mol. The Morgan fingerprint density at radius 3 is 1.32 bits per heavy atom. The molecule has 0 radical (unpaired) electrons. The van der Waals surface area contributed by atoms with E-state index >= 15 is 0 Å². The highest BCUT2D eigenvalue weighted by molar-refractivity contribution is 7.47. The smallest absolute Gasteiger partial charge is 0.462 e. The van der Waals surface area contributed by atoms with Crippen LogP contribution in [0.4, 0.5) is 0 Å². The summed E-state index contributed by atoms with van der Waals surface area (Å²) in [6.07, 6.45) is 26.4. The highest BCUT2D eigenvalue weighted by Crippen LogP contribution is 2.43. The number of phosphoric ester groups is 1. The molecule has 0 rings (SSSR count). The van der Waals surface area contributed by atoms with Gasteiger partial charge in [0.25, 0.3) is 0 Å². The van der Waals surface area contributed by atoms with Gasteiger partial charge < -0.3 is 24.6 Å². The third-order valence-corrected chi connectivity index (χ3v) is 9.21. The number of hydrogen-bond donors (Lipinski definition) is 3. The second kappa shape index (κ2) is 33.5. The average Bonchev–Trinajstić information content (AvgIpc) is 3.05. The van der Waals surface area contributed by atoms with Crippen LogP contribution in [0.5, 0.6) is 0 Å². The van der Waals surface area contributed by atoms with Gasteiger partial charge in [0, 0.05) is 12.8 Å². The summed E-state index contributed by atoms with van der Waals surface area (Å²) < 4.78 is 32.5. The Kier molecular flexibility index (Phi) is 32.7. The molecule has 0 saturated heterocycles. The van der Waals surface area contributed by atoms with E-state index in [4.69, 9.17) is 19.1 Å². The molecule has 0 aliphatic heterocycles. The normalized spacial score (nSPS) is 14.1. The third kappa shape index (κ3) is 33.3. The fraction of sp³-hybridized carbons (Fsp3) is 0.944. The Morgan fingerprint density at radius 2 is 0.915 bits per heavy atom. The number of rotatable bonds is 36. The molecule has 0 spiro atoms. The first kappa shape index (κ1) is 46.0. The molecule has 0 aromatic heterocycles. The van der Waals surface area contributed by atoms with Crippen molar-refractivity contribution in [1.29, 1.82) is 0 Å². The second-order valence-corrected chi connectivity index (χ2v) is 14.4. The van der Waals surface area contributed by atoms with Crippen molar-refractivity contribution in [2.45, 2.75) is 193 Å². The van der Waals surface area contributed by atoms with Crippen molar-refractivity contribution in [2.24, 2.45) is 0 Å². The molecule has 10 nitrogen and oxygen atoms in total. The Bertz CT molecular complexity index is 766. The lowest BCUT2D eigenvalue weighted by Crippen LogP contribution is -2.29. The van der Waals surface area contributed by atoms with Crippen LogP contribution in [0.1, 0.15) is 181 Å². The number of aliphatic hydroxyl groups is 2. The van der Waals surface area contributed by atoms with E-state index < -0.39 is 51.8 Å². The van der Waals surface area contributed by atoms with Crippen molar-refractivity contribution >= 4 is 19.8 Å². The largest absolute Gasteiger partial charge is 0.472 e. The standard InChI is InChI=1S/C36H71O10P/c1-3-5-7-9-11-13-15-16-18-19-21-23-25-27-35(39)43-31-34(32-45-47(41,42)44-30-33(38)29-37)46-36(40)28-26-24-22-20-17-14-12-10-8-6-4-2/h33-34,37-38H,3-32H2,1-2H3,(H,41,42)/t33?,34-/m1/s1. The van der Waals surface area contributed by atoms with Crippen LogP contribution in [0.25, 0.3) is 0 Å². The van der Waals surface area contributed by atoms with Crippen LogP contribution in [0.3, 0.4) is 0 Å². The minimum Gasteiger partial charge on any atom is -0.462 e. The molecule has 47 heavy (non-hydrogen) atoms. The topological polar surface area (TPSA) is 149 Å². The number of carbonyl (C=O) groups is 2. The molecule has 0 aliphatic carbocycles. The van der Waals surface area contributed by atoms with Crippen LogP contribution in [0, 0.1) is 0 Å². The van der Waals surface area contributed by atoms with Gasteiger partial charge in [0.05, 0.1) is 19.8 Å². The number of phosphoric acid groups is 1. The monoisotopic (exact) mass is 694 g/mol. The van der Waals surface area contributed by atoms with Crippen molar-refractivity contribution in [1.82, 2.24) is 0 Å². The maximum Gasteiger partial charge on any atom is 0.472 e. The summed E-state index contributed by atoms with van der Waals surface area (Å²) in [6, 6.07) is 0. The first-order chi connectivity index (χ1) is 22.7. The lowest BCUT2D eigenvalue weighted by atomic mass is 10.0. The van der Waals surface area contributed by atoms with Crippen molar-refractivity contribution in [3.05, 3.63) is 0 Å². The van der Waals surface area contributed by atoms with Crippen LogP contribution in [-0.4, -0.2) is 65.7 Å². The summed E-state index contributed by atoms with van der Waals surface area (Å²) in [5.41, 5.74) is 0. The zero-order valence-corrected chi connectivity index (χ0v) is 30.9. The van der Waals surface area contributed by atoms with Gasteiger partial charge in [0.2, 0.25) is 0 Å². The van der Waals surface area contributed by atoms with Gasteiger partial charge in [-0.05, 0) is 12.8 Å². The van der Waals surface area contributed by atoms with E-state index in [1.165, 1.54) is 103 Å². The summed E-state index contributed by atoms with van der Waals surface area (Å²) >= 11 is 0. The average molecular weight is 695 g/mol. The fourth-order valence-electron chi connectivity index (χ4n) is 5.29. The highest BCUT2D eigenvalue weighted by Gasteiger charge is 2.27. The number of aliphatic hydroxyl groups excluding tert-OH is 2. The lowest BCUT2D eigenvalue weighted by molar-refractivity contribution is -0.161. The van der Waals surface area contributed by atoms with Crippen LogP contribution < -0.4 is 0 Å². The molecule has 0 bridgehead atoms. The van der Waals surface area contributed by atoms with Gasteiger partial charge in [-0.15, -0.1) is 0 Å². The first-order valence-corrected chi connectivity index (χ1v) is 20.5. The quantitative estimate of drug-likeness (QED) is 0.0329. The number of unbranched alkanes of at least 4 members (excludes halogenated alkanes) is 22. The number of ether oxygens (including phenoxy) is 2. The van der Waals surface area contributed by atoms with Gasteiger partial charge in [-0.25, -0.2) is 4.57 Å². The molecule has 0 amide bonds. The van der Waals surface area contributed by atoms with E-state index in [1.807, 2.05) is 0 Å². The summed E-state index contributed by atoms with van der Waals surface area (Å²) in [4.78, 5) is 34.7. The highest BCUT2D eigenvalue weighted by atomic mass is 31.2. The first-order valence-electron chi connectivity index (χ1n) is 19.0. The zero-order chi connectivity index (χ0) is 34.9. The lowest BCUT2D eigenvalue weighted by Gasteiger charge is -2.20. The van der Waals surface area contributed by atoms with E-state index in [-0.39, 0.29) is 19.4 Å². The van der Waals surface area contributed by atoms with Gasteiger partial charge in [0.15, 0.2) is 6.10 Å². The molecule has 0 aliphatic rings. The molecule has 0 saturated carbocycles. The molecular weight excluding hydrogens is 623 g/mol. The van der Waals surface area contributed by atoms with E-state index in [9.17, 15) is 24.2 Å². The van der Waals surface area contributed by atoms with Crippen LogP contribution >= 0.6 is 7.82 Å². The third-order valence-electron chi connectivity index (χ3n) is 8.26. The van der Waals surface area contributed by atoms with Gasteiger partial charge in [-0.3, -0.25) is 18.6 Å². The molecule has 3 atom stereocenters. The van der Waals surface area contributed by atoms with E-state index in [0.29, 0.717) is 12.8 Å². The second-order valence-electron chi connectivity index (χ2n) is 13.0. The van der Waals surface area contributed by atoms with Crippen molar-refractivity contribution < 1.29 is 47.8 Å². The Hall–Kier alpha value is -1.03. The molecule has 11 heteroatoms. The predicted octanol–water partition coefficient (Wildman–Crippen LogP) is 9.11. The van der Waals surface area contributed by atoms with Gasteiger partial charge in [0.1, 0.15) is 12.7 Å². The molecule has 0 heterocycles. The SMILES string of the molecule is CCCCCCCCCCCCCCCC(=O)OC[C@H](COP(=O)(O)OCC(O)CO)OC(=O)CCCCCCCCCCCCC. The summed E-state index contributed by atoms with van der Waals surface area (Å²) in [6.45, 7) is 2.37. The van der Waals surface area contributed by atoms with Crippen LogP contribution in [0.15, 0.2) is 0 Å². The zero-order valence-electron chi connectivity index (χ0n) is 30.0. The molecule has 0 aromatic carbocycles. The van der Waals surface area contributed by atoms with Crippen molar-refractivity contribution in [2.75, 3.05) is 26.4 Å². The fourth-order valence-corrected chi connectivity index (χ4v) is 6.08. The van der Waals surface area contributed by atoms with E-state index in [2.05, 4.69) is 18.4 Å². The van der Waals surface area contributed by atoms with Gasteiger partial charge >= 0.3 is 19.8 Å². The minimum atomic E-state index is -4.60. The van der Waals surface area contributed by atoms with Crippen LogP contribution in [-0.2, 0) is 32.7 Å². The number of hydrogen-bond acceptors (Lipinski definition) is 9. The summed E-state index contributed by atoms with van der Waals surface area (Å²) in [5, 5.41) is 18.2. The molecule has 2 unspecified atom stereocenters. The molecule has 3 N–H and O–H groups in total. The Balaban J connectivity index is 4.34.